The van der Waals surface area contributed by atoms with Crippen molar-refractivity contribution in [3.8, 4) is 0 Å². The summed E-state index contributed by atoms with van der Waals surface area (Å²) >= 11 is 5.82. The van der Waals surface area contributed by atoms with Gasteiger partial charge >= 0.3 is 0 Å². The Hall–Kier alpha value is -0.140. The molecular weight excluding hydrogens is 311 g/mol. The lowest BCUT2D eigenvalue weighted by Gasteiger charge is -2.42. The molecule has 0 aromatic heterocycles. The molecule has 112 valence electrons. The van der Waals surface area contributed by atoms with Gasteiger partial charge in [0.2, 0.25) is 5.69 Å². The number of carboxylic acids is 2. The number of hydrogen-bond donors (Lipinski definition) is 0. The van der Waals surface area contributed by atoms with Crippen molar-refractivity contribution in [2.45, 2.75) is 31.4 Å². The van der Waals surface area contributed by atoms with Crippen LogP contribution in [0.1, 0.15) is 26.7 Å². The maximum atomic E-state index is 11.5. The van der Waals surface area contributed by atoms with Gasteiger partial charge in [-0.2, -0.15) is 0 Å². The van der Waals surface area contributed by atoms with Crippen LogP contribution in [0.15, 0.2) is 0 Å². The van der Waals surface area contributed by atoms with E-state index in [9.17, 15) is 19.8 Å². The maximum absolute atomic E-state index is 11.5. The summed E-state index contributed by atoms with van der Waals surface area (Å²) in [5, 5.41) is 22.7. The smallest absolute Gasteiger partial charge is 0.247 e. The molecular formula is C10H17O6PS2-2. The summed E-state index contributed by atoms with van der Waals surface area (Å²) in [7, 11) is 2.60. The van der Waals surface area contributed by atoms with Gasteiger partial charge in [-0.3, -0.25) is 0 Å². The Balaban J connectivity index is 5.72. The van der Waals surface area contributed by atoms with Gasteiger partial charge < -0.3 is 28.8 Å². The van der Waals surface area contributed by atoms with E-state index in [0.717, 1.165) is 0 Å². The highest BCUT2D eigenvalue weighted by molar-refractivity contribution is 8.68. The van der Waals surface area contributed by atoms with E-state index in [4.69, 9.17) is 20.9 Å². The van der Waals surface area contributed by atoms with Crippen molar-refractivity contribution in [1.82, 2.24) is 0 Å². The van der Waals surface area contributed by atoms with E-state index in [1.165, 1.54) is 14.2 Å². The molecule has 0 spiro atoms. The molecule has 0 N–H and O–H groups in total. The van der Waals surface area contributed by atoms with Crippen molar-refractivity contribution in [2.24, 2.45) is 5.92 Å². The molecule has 0 bridgehead atoms. The van der Waals surface area contributed by atoms with Crippen LogP contribution in [-0.4, -0.2) is 30.9 Å². The molecule has 0 radical (unpaired) electrons. The zero-order valence-electron chi connectivity index (χ0n) is 11.2. The number of hydrogen-bond acceptors (Lipinski definition) is 8. The second-order valence-electron chi connectivity index (χ2n) is 3.71. The van der Waals surface area contributed by atoms with Crippen molar-refractivity contribution in [3.05, 3.63) is 0 Å². The molecule has 2 atom stereocenters. The standard InChI is InChI=1S/C10H19O6PS2/c1-5-7(8(11)12)10(6-2,9(13)14)19-17(18,15-3)16-4/h7H,5-6H2,1-4H3,(H,11,12)(H,13,14)/p-2. The van der Waals surface area contributed by atoms with Crippen LogP contribution in [0, 0.1) is 5.92 Å². The molecule has 0 saturated heterocycles. The summed E-state index contributed by atoms with van der Waals surface area (Å²) in [6.07, 6.45) is 0.0948. The van der Waals surface area contributed by atoms with E-state index in [1.807, 2.05) is 0 Å². The van der Waals surface area contributed by atoms with Crippen LogP contribution in [0.25, 0.3) is 0 Å². The van der Waals surface area contributed by atoms with Crippen molar-refractivity contribution >= 4 is 40.8 Å². The zero-order chi connectivity index (χ0) is 15.3. The Morgan fingerprint density at radius 3 is 2.00 bits per heavy atom. The first-order chi connectivity index (χ1) is 8.72. The summed E-state index contributed by atoms with van der Waals surface area (Å²) in [5.74, 6) is -4.19. The Labute approximate surface area is 121 Å². The van der Waals surface area contributed by atoms with E-state index in [2.05, 4.69) is 0 Å². The minimum Gasteiger partial charge on any atom is -0.550 e. The van der Waals surface area contributed by atoms with Crippen molar-refractivity contribution in [3.63, 3.8) is 0 Å². The van der Waals surface area contributed by atoms with Crippen LogP contribution >= 0.6 is 17.1 Å². The fraction of sp³-hybridized carbons (Fsp3) is 0.800. The Morgan fingerprint density at radius 2 is 1.79 bits per heavy atom. The molecule has 0 aromatic rings. The van der Waals surface area contributed by atoms with Crippen LogP contribution in [0.4, 0.5) is 0 Å². The van der Waals surface area contributed by atoms with Crippen LogP contribution in [0.3, 0.4) is 0 Å². The van der Waals surface area contributed by atoms with E-state index in [0.29, 0.717) is 11.4 Å². The van der Waals surface area contributed by atoms with E-state index < -0.39 is 28.3 Å². The quantitative estimate of drug-likeness (QED) is 0.542. The second-order valence-corrected chi connectivity index (χ2v) is 10.4. The lowest BCUT2D eigenvalue weighted by Crippen LogP contribution is -2.55. The second kappa shape index (κ2) is 7.59. The Kier molecular flexibility index (Phi) is 7.54. The normalized spacial score (nSPS) is 16.6. The van der Waals surface area contributed by atoms with Gasteiger partial charge in [0.25, 0.3) is 0 Å². The molecule has 6 nitrogen and oxygen atoms in total. The lowest BCUT2D eigenvalue weighted by atomic mass is 9.87. The van der Waals surface area contributed by atoms with Gasteiger partial charge in [0.15, 0.2) is 0 Å². The van der Waals surface area contributed by atoms with E-state index in [-0.39, 0.29) is 12.8 Å². The SMILES string of the molecule is CCC(C(=O)[O-])C(CC)(SP(=S)(OC)OC)C(=O)[O-]. The summed E-state index contributed by atoms with van der Waals surface area (Å²) < 4.78 is 8.34. The summed E-state index contributed by atoms with van der Waals surface area (Å²) in [6, 6.07) is 0. The first-order valence-electron chi connectivity index (χ1n) is 5.57. The molecule has 0 saturated carbocycles. The highest BCUT2D eigenvalue weighted by Gasteiger charge is 2.44. The lowest BCUT2D eigenvalue weighted by molar-refractivity contribution is -0.324. The predicted molar refractivity (Wildman–Crippen MR) is 72.7 cm³/mol. The van der Waals surface area contributed by atoms with Crippen LogP contribution in [0.2, 0.25) is 0 Å². The molecule has 9 heteroatoms. The fourth-order valence-corrected chi connectivity index (χ4v) is 6.86. The summed E-state index contributed by atoms with van der Waals surface area (Å²) in [6.45, 7) is 3.12. The third-order valence-electron chi connectivity index (χ3n) is 2.85. The van der Waals surface area contributed by atoms with Crippen LogP contribution < -0.4 is 10.2 Å². The Morgan fingerprint density at radius 1 is 1.32 bits per heavy atom. The van der Waals surface area contributed by atoms with Crippen molar-refractivity contribution < 1.29 is 28.8 Å². The number of carbonyl (C=O) groups excluding carboxylic acids is 2. The van der Waals surface area contributed by atoms with Crippen molar-refractivity contribution in [1.29, 1.82) is 0 Å². The topological polar surface area (TPSA) is 98.7 Å². The van der Waals surface area contributed by atoms with Gasteiger partial charge in [-0.05, 0) is 24.6 Å². The van der Waals surface area contributed by atoms with Gasteiger partial charge in [-0.25, -0.2) is 0 Å². The molecule has 0 rings (SSSR count). The van der Waals surface area contributed by atoms with Gasteiger partial charge in [-0.1, -0.05) is 25.2 Å². The highest BCUT2D eigenvalue weighted by Crippen LogP contribution is 2.66. The molecule has 0 aliphatic heterocycles. The average Bonchev–Trinajstić information content (AvgIpc) is 2.37. The molecule has 19 heavy (non-hydrogen) atoms. The summed E-state index contributed by atoms with van der Waals surface area (Å²) in [5.41, 5.74) is -2.94. The van der Waals surface area contributed by atoms with Crippen molar-refractivity contribution in [2.75, 3.05) is 14.2 Å². The zero-order valence-corrected chi connectivity index (χ0v) is 13.7. The molecule has 0 fully saturated rings. The van der Waals surface area contributed by atoms with Gasteiger partial charge in [-0.15, -0.1) is 0 Å². The Bertz CT molecular complexity index is 380. The monoisotopic (exact) mass is 328 g/mol. The predicted octanol–water partition coefficient (Wildman–Crippen LogP) is -0.0883. The van der Waals surface area contributed by atoms with Gasteiger partial charge in [0, 0.05) is 26.1 Å². The van der Waals surface area contributed by atoms with E-state index in [1.54, 1.807) is 13.8 Å². The third kappa shape index (κ3) is 4.16. The molecule has 0 aliphatic carbocycles. The molecule has 2 unspecified atom stereocenters. The third-order valence-corrected chi connectivity index (χ3v) is 9.14. The molecule has 0 heterocycles. The van der Waals surface area contributed by atoms with Gasteiger partial charge in [0.1, 0.15) is 0 Å². The maximum Gasteiger partial charge on any atom is 0.247 e. The highest BCUT2D eigenvalue weighted by atomic mass is 32.9. The van der Waals surface area contributed by atoms with Crippen LogP contribution in [-0.2, 0) is 30.4 Å². The minimum atomic E-state index is -2.94. The minimum absolute atomic E-state index is 0.0115. The van der Waals surface area contributed by atoms with E-state index >= 15 is 0 Å². The average molecular weight is 328 g/mol. The first kappa shape index (κ1) is 18.9. The number of aliphatic carboxylic acids is 2. The largest absolute Gasteiger partial charge is 0.550 e. The molecule has 0 amide bonds. The van der Waals surface area contributed by atoms with Gasteiger partial charge in [0.05, 0.1) is 10.7 Å². The van der Waals surface area contributed by atoms with Crippen LogP contribution in [0.5, 0.6) is 0 Å². The molecule has 0 aliphatic rings. The first-order valence-corrected chi connectivity index (χ1v) is 9.63. The molecule has 0 aromatic carbocycles. The summed E-state index contributed by atoms with van der Waals surface area (Å²) in [4.78, 5) is 22.7. The number of rotatable bonds is 9. The number of carbonyl (C=O) groups is 2. The fourth-order valence-electron chi connectivity index (χ4n) is 1.73. The number of carboxylic acid groups (broad SMARTS) is 2.